The molecular weight excluding hydrogens is 300 g/mol. The Hall–Kier alpha value is -2.75. The van der Waals surface area contributed by atoms with E-state index in [4.69, 9.17) is 4.74 Å². The smallest absolute Gasteiger partial charge is 0.268 e. The molecule has 0 aliphatic carbocycles. The summed E-state index contributed by atoms with van der Waals surface area (Å²) >= 11 is 0. The van der Waals surface area contributed by atoms with E-state index >= 15 is 0 Å². The number of para-hydroxylation sites is 1. The van der Waals surface area contributed by atoms with Crippen molar-refractivity contribution in [2.75, 3.05) is 6.61 Å². The van der Waals surface area contributed by atoms with Crippen molar-refractivity contribution in [1.29, 1.82) is 0 Å². The lowest BCUT2D eigenvalue weighted by atomic mass is 10.0. The topological polar surface area (TPSA) is 54.1 Å². The summed E-state index contributed by atoms with van der Waals surface area (Å²) in [6, 6.07) is 14.0. The highest BCUT2D eigenvalue weighted by atomic mass is 16.5. The Labute approximate surface area is 140 Å². The average Bonchev–Trinajstić information content (AvgIpc) is 3.00. The molecule has 0 saturated carbocycles. The van der Waals surface area contributed by atoms with E-state index in [1.807, 2.05) is 30.3 Å². The first-order valence-corrected chi connectivity index (χ1v) is 8.24. The van der Waals surface area contributed by atoms with Crippen molar-refractivity contribution in [3.8, 4) is 5.75 Å². The van der Waals surface area contributed by atoms with Crippen LogP contribution in [0.5, 0.6) is 5.75 Å². The number of benzene rings is 2. The van der Waals surface area contributed by atoms with Crippen LogP contribution >= 0.6 is 0 Å². The number of nitrogens with one attached hydrogen (secondary N) is 2. The van der Waals surface area contributed by atoms with E-state index in [0.29, 0.717) is 12.3 Å². The van der Waals surface area contributed by atoms with Crippen LogP contribution in [0.1, 0.15) is 39.6 Å². The van der Waals surface area contributed by atoms with Crippen molar-refractivity contribution < 1.29 is 9.53 Å². The number of H-pyrrole nitrogens is 1. The normalized spacial score (nSPS) is 16.5. The first-order chi connectivity index (χ1) is 11.6. The molecule has 4 rings (SSSR count). The minimum absolute atomic E-state index is 0.0169. The third-order valence-electron chi connectivity index (χ3n) is 4.60. The molecule has 0 fully saturated rings. The molecule has 1 aliphatic rings. The molecule has 122 valence electrons. The Morgan fingerprint density at radius 2 is 2.04 bits per heavy atom. The van der Waals surface area contributed by atoms with Crippen molar-refractivity contribution in [2.45, 2.75) is 26.3 Å². The van der Waals surface area contributed by atoms with Crippen molar-refractivity contribution >= 4 is 16.8 Å². The highest BCUT2D eigenvalue weighted by Crippen LogP contribution is 2.32. The van der Waals surface area contributed by atoms with Gasteiger partial charge in [0.05, 0.1) is 12.6 Å². The summed E-state index contributed by atoms with van der Waals surface area (Å²) < 4.78 is 5.66. The van der Waals surface area contributed by atoms with Crippen LogP contribution in [0.2, 0.25) is 0 Å². The van der Waals surface area contributed by atoms with Crippen molar-refractivity contribution in [2.24, 2.45) is 0 Å². The van der Waals surface area contributed by atoms with E-state index in [9.17, 15) is 4.79 Å². The summed E-state index contributed by atoms with van der Waals surface area (Å²) in [6.45, 7) is 4.75. The predicted octanol–water partition coefficient (Wildman–Crippen LogP) is 4.04. The molecule has 2 heterocycles. The first-order valence-electron chi connectivity index (χ1n) is 8.24. The quantitative estimate of drug-likeness (QED) is 0.749. The Balaban J connectivity index is 1.62. The van der Waals surface area contributed by atoms with Crippen LogP contribution in [-0.2, 0) is 0 Å². The van der Waals surface area contributed by atoms with Crippen LogP contribution in [0, 0.1) is 13.8 Å². The molecule has 4 heteroatoms. The number of rotatable bonds is 2. The van der Waals surface area contributed by atoms with Crippen molar-refractivity contribution in [1.82, 2.24) is 10.3 Å². The number of hydrogen-bond acceptors (Lipinski definition) is 2. The lowest BCUT2D eigenvalue weighted by Crippen LogP contribution is -2.32. The second-order valence-corrected chi connectivity index (χ2v) is 6.43. The van der Waals surface area contributed by atoms with Gasteiger partial charge in [0.1, 0.15) is 11.4 Å². The van der Waals surface area contributed by atoms with Gasteiger partial charge in [-0.2, -0.15) is 0 Å². The second-order valence-electron chi connectivity index (χ2n) is 6.43. The van der Waals surface area contributed by atoms with E-state index < -0.39 is 0 Å². The van der Waals surface area contributed by atoms with E-state index in [2.05, 4.69) is 36.3 Å². The monoisotopic (exact) mass is 320 g/mol. The van der Waals surface area contributed by atoms with Gasteiger partial charge in [-0.25, -0.2) is 0 Å². The summed E-state index contributed by atoms with van der Waals surface area (Å²) in [7, 11) is 0. The van der Waals surface area contributed by atoms with Crippen LogP contribution in [0.15, 0.2) is 42.5 Å². The minimum atomic E-state index is -0.0787. The number of aromatic nitrogens is 1. The number of amides is 1. The summed E-state index contributed by atoms with van der Waals surface area (Å²) in [5.74, 6) is 0.780. The summed E-state index contributed by atoms with van der Waals surface area (Å²) in [5.41, 5.74) is 5.01. The van der Waals surface area contributed by atoms with Crippen molar-refractivity contribution in [3.63, 3.8) is 0 Å². The molecule has 1 atom stereocenters. The molecule has 0 spiro atoms. The van der Waals surface area contributed by atoms with Crippen LogP contribution < -0.4 is 10.1 Å². The number of carbonyl (C=O) groups is 1. The van der Waals surface area contributed by atoms with Crippen LogP contribution in [0.25, 0.3) is 10.9 Å². The number of fused-ring (bicyclic) bond motifs is 2. The molecule has 4 nitrogen and oxygen atoms in total. The number of aryl methyl sites for hydroxylation is 2. The molecule has 2 aromatic carbocycles. The fourth-order valence-electron chi connectivity index (χ4n) is 3.45. The van der Waals surface area contributed by atoms with Gasteiger partial charge in [-0.3, -0.25) is 4.79 Å². The zero-order chi connectivity index (χ0) is 16.7. The lowest BCUT2D eigenvalue weighted by Gasteiger charge is -2.26. The molecule has 1 aliphatic heterocycles. The zero-order valence-corrected chi connectivity index (χ0v) is 13.8. The Morgan fingerprint density at radius 1 is 1.21 bits per heavy atom. The molecule has 1 unspecified atom stereocenters. The number of hydrogen-bond donors (Lipinski definition) is 2. The molecule has 3 aromatic rings. The van der Waals surface area contributed by atoms with Crippen LogP contribution in [-0.4, -0.2) is 17.5 Å². The lowest BCUT2D eigenvalue weighted by molar-refractivity contribution is 0.0920. The highest BCUT2D eigenvalue weighted by molar-refractivity contribution is 5.99. The zero-order valence-electron chi connectivity index (χ0n) is 13.8. The number of aromatic amines is 1. The number of carbonyl (C=O) groups excluding carboxylic acids is 1. The van der Waals surface area contributed by atoms with Gasteiger partial charge in [0.2, 0.25) is 0 Å². The first kappa shape index (κ1) is 14.8. The summed E-state index contributed by atoms with van der Waals surface area (Å²) in [6.07, 6.45) is 0.779. The van der Waals surface area contributed by atoms with Gasteiger partial charge in [-0.05, 0) is 43.2 Å². The molecule has 0 saturated heterocycles. The molecule has 1 amide bonds. The number of ether oxygens (including phenoxy) is 1. The molecular formula is C20H20N2O2. The molecule has 1 aromatic heterocycles. The minimum Gasteiger partial charge on any atom is -0.493 e. The SMILES string of the molecule is Cc1cc(C)c2cc(C(=O)NC3CCOc4ccccc43)[nH]c2c1. The molecule has 0 bridgehead atoms. The van der Waals surface area contributed by atoms with Crippen LogP contribution in [0.3, 0.4) is 0 Å². The van der Waals surface area contributed by atoms with Gasteiger partial charge in [-0.1, -0.05) is 24.3 Å². The third kappa shape index (κ3) is 2.54. The van der Waals surface area contributed by atoms with E-state index in [0.717, 1.165) is 28.6 Å². The van der Waals surface area contributed by atoms with Crippen LogP contribution in [0.4, 0.5) is 0 Å². The fourth-order valence-corrected chi connectivity index (χ4v) is 3.45. The van der Waals surface area contributed by atoms with Gasteiger partial charge in [0.25, 0.3) is 5.91 Å². The van der Waals surface area contributed by atoms with Gasteiger partial charge >= 0.3 is 0 Å². The molecule has 2 N–H and O–H groups in total. The second kappa shape index (κ2) is 5.71. The Kier molecular flexibility index (Phi) is 3.53. The Bertz CT molecular complexity index is 927. The highest BCUT2D eigenvalue weighted by Gasteiger charge is 2.23. The van der Waals surface area contributed by atoms with Gasteiger partial charge in [0, 0.05) is 22.9 Å². The van der Waals surface area contributed by atoms with Gasteiger partial charge in [-0.15, -0.1) is 0 Å². The summed E-state index contributed by atoms with van der Waals surface area (Å²) in [4.78, 5) is 16.0. The van der Waals surface area contributed by atoms with Gasteiger partial charge < -0.3 is 15.0 Å². The maximum atomic E-state index is 12.7. The van der Waals surface area contributed by atoms with Crippen molar-refractivity contribution in [3.05, 3.63) is 64.8 Å². The molecule has 0 radical (unpaired) electrons. The van der Waals surface area contributed by atoms with E-state index in [1.165, 1.54) is 11.1 Å². The standard InChI is InChI=1S/C20H20N2O2/c1-12-9-13(2)15-11-18(21-17(15)10-12)20(23)22-16-7-8-24-19-6-4-3-5-14(16)19/h3-6,9-11,16,21H,7-8H2,1-2H3,(H,22,23). The molecule has 24 heavy (non-hydrogen) atoms. The van der Waals surface area contributed by atoms with E-state index in [-0.39, 0.29) is 11.9 Å². The maximum absolute atomic E-state index is 12.7. The maximum Gasteiger partial charge on any atom is 0.268 e. The largest absolute Gasteiger partial charge is 0.493 e. The summed E-state index contributed by atoms with van der Waals surface area (Å²) in [5, 5.41) is 4.23. The fraction of sp³-hybridized carbons (Fsp3) is 0.250. The van der Waals surface area contributed by atoms with E-state index in [1.54, 1.807) is 0 Å². The average molecular weight is 320 g/mol. The van der Waals surface area contributed by atoms with Gasteiger partial charge in [0.15, 0.2) is 0 Å². The predicted molar refractivity (Wildman–Crippen MR) is 94.5 cm³/mol. The third-order valence-corrected chi connectivity index (χ3v) is 4.60. The Morgan fingerprint density at radius 3 is 2.92 bits per heavy atom.